The van der Waals surface area contributed by atoms with E-state index in [4.69, 9.17) is 14.2 Å². The predicted octanol–water partition coefficient (Wildman–Crippen LogP) is 2.17. The van der Waals surface area contributed by atoms with E-state index >= 15 is 0 Å². The van der Waals surface area contributed by atoms with E-state index in [9.17, 15) is 18.0 Å². The lowest BCUT2D eigenvalue weighted by Crippen LogP contribution is -2.27. The fourth-order valence-corrected chi connectivity index (χ4v) is 3.52. The second-order valence-corrected chi connectivity index (χ2v) is 8.15. The van der Waals surface area contributed by atoms with Crippen molar-refractivity contribution in [2.24, 2.45) is 0 Å². The van der Waals surface area contributed by atoms with Gasteiger partial charge in [-0.1, -0.05) is 0 Å². The monoisotopic (exact) mass is 436 g/mol. The largest absolute Gasteiger partial charge is 0.493 e. The van der Waals surface area contributed by atoms with Crippen molar-refractivity contribution in [2.45, 2.75) is 11.8 Å². The third-order valence-electron chi connectivity index (χ3n) is 4.14. The highest BCUT2D eigenvalue weighted by Crippen LogP contribution is 2.34. The summed E-state index contributed by atoms with van der Waals surface area (Å²) in [7, 11) is 2.03. The van der Waals surface area contributed by atoms with Gasteiger partial charge in [-0.15, -0.1) is 0 Å². The van der Waals surface area contributed by atoms with Crippen molar-refractivity contribution in [3.63, 3.8) is 0 Å². The van der Waals surface area contributed by atoms with Gasteiger partial charge in [0.25, 0.3) is 15.9 Å². The summed E-state index contributed by atoms with van der Waals surface area (Å²) in [6.07, 6.45) is 0. The zero-order valence-corrected chi connectivity index (χ0v) is 18.2. The van der Waals surface area contributed by atoms with Gasteiger partial charge in [0.1, 0.15) is 5.75 Å². The molecule has 0 fully saturated rings. The molecule has 0 saturated carbocycles. The van der Waals surface area contributed by atoms with E-state index in [0.29, 0.717) is 11.5 Å². The number of benzene rings is 2. The van der Waals surface area contributed by atoms with Crippen LogP contribution in [-0.2, 0) is 14.8 Å². The van der Waals surface area contributed by atoms with Crippen molar-refractivity contribution in [1.82, 2.24) is 4.90 Å². The standard InChI is InChI=1S/C20H24N2O7S/c1-13(23)16-10-18(27-4)19(28-5)11-17(16)21-30(25,26)15-8-6-14(7-9-15)29-12-20(24)22(2)3/h6-11,21H,12H2,1-5H3. The number of nitrogens with zero attached hydrogens (tertiary/aromatic N) is 1. The molecule has 0 aliphatic carbocycles. The number of likely N-dealkylation sites (N-methyl/N-ethyl adjacent to an activating group) is 1. The summed E-state index contributed by atoms with van der Waals surface area (Å²) in [6, 6.07) is 8.36. The molecule has 0 aliphatic heterocycles. The molecule has 0 bridgehead atoms. The fourth-order valence-electron chi connectivity index (χ4n) is 2.45. The molecule has 2 aromatic rings. The van der Waals surface area contributed by atoms with Gasteiger partial charge in [-0.3, -0.25) is 14.3 Å². The molecule has 10 heteroatoms. The Bertz CT molecular complexity index is 1030. The van der Waals surface area contributed by atoms with Crippen LogP contribution in [0.2, 0.25) is 0 Å². The quantitative estimate of drug-likeness (QED) is 0.600. The minimum absolute atomic E-state index is 0.0435. The fraction of sp³-hybridized carbons (Fsp3) is 0.300. The number of ether oxygens (including phenoxy) is 3. The Labute approximate surface area is 175 Å². The molecule has 0 spiro atoms. The molecule has 30 heavy (non-hydrogen) atoms. The van der Waals surface area contributed by atoms with Crippen molar-refractivity contribution in [3.8, 4) is 17.2 Å². The molecule has 0 saturated heterocycles. The van der Waals surface area contributed by atoms with Gasteiger partial charge in [-0.25, -0.2) is 8.42 Å². The molecule has 0 radical (unpaired) electrons. The Morgan fingerprint density at radius 3 is 2.07 bits per heavy atom. The van der Waals surface area contributed by atoms with E-state index in [2.05, 4.69) is 4.72 Å². The number of amides is 1. The number of carbonyl (C=O) groups excluding carboxylic acids is 2. The van der Waals surface area contributed by atoms with Crippen LogP contribution in [0.4, 0.5) is 5.69 Å². The molecule has 0 unspecified atom stereocenters. The lowest BCUT2D eigenvalue weighted by Gasteiger charge is -2.15. The van der Waals surface area contributed by atoms with Gasteiger partial charge in [0.15, 0.2) is 23.9 Å². The first-order valence-electron chi connectivity index (χ1n) is 8.82. The van der Waals surface area contributed by atoms with Crippen LogP contribution in [0.1, 0.15) is 17.3 Å². The molecule has 2 aromatic carbocycles. The van der Waals surface area contributed by atoms with E-state index in [1.54, 1.807) is 14.1 Å². The number of rotatable bonds is 9. The number of methoxy groups -OCH3 is 2. The van der Waals surface area contributed by atoms with Crippen LogP contribution in [0.5, 0.6) is 17.2 Å². The highest BCUT2D eigenvalue weighted by Gasteiger charge is 2.20. The molecule has 0 aliphatic rings. The topological polar surface area (TPSA) is 111 Å². The zero-order valence-electron chi connectivity index (χ0n) is 17.4. The maximum absolute atomic E-state index is 12.8. The second kappa shape index (κ2) is 9.49. The van der Waals surface area contributed by atoms with E-state index in [1.165, 1.54) is 62.4 Å². The van der Waals surface area contributed by atoms with E-state index in [1.807, 2.05) is 0 Å². The number of hydrogen-bond acceptors (Lipinski definition) is 7. The lowest BCUT2D eigenvalue weighted by atomic mass is 10.1. The first-order chi connectivity index (χ1) is 14.1. The lowest BCUT2D eigenvalue weighted by molar-refractivity contribution is -0.130. The third kappa shape index (κ3) is 5.41. The molecular formula is C20H24N2O7S. The number of anilines is 1. The highest BCUT2D eigenvalue weighted by molar-refractivity contribution is 7.92. The number of nitrogens with one attached hydrogen (secondary N) is 1. The average Bonchev–Trinajstić information content (AvgIpc) is 2.71. The maximum Gasteiger partial charge on any atom is 0.261 e. The Balaban J connectivity index is 2.28. The van der Waals surface area contributed by atoms with Crippen molar-refractivity contribution in [2.75, 3.05) is 39.6 Å². The van der Waals surface area contributed by atoms with E-state index < -0.39 is 10.0 Å². The normalized spacial score (nSPS) is 10.8. The van der Waals surface area contributed by atoms with E-state index in [0.717, 1.165) is 0 Å². The second-order valence-electron chi connectivity index (χ2n) is 6.46. The minimum atomic E-state index is -4.00. The summed E-state index contributed by atoms with van der Waals surface area (Å²) in [4.78, 5) is 24.9. The number of ketones is 1. The number of Topliss-reactive ketones (excluding diaryl/α,β-unsaturated/α-hetero) is 1. The van der Waals surface area contributed by atoms with Gasteiger partial charge in [-0.05, 0) is 37.3 Å². The first kappa shape index (κ1) is 23.0. The van der Waals surface area contributed by atoms with Gasteiger partial charge < -0.3 is 19.1 Å². The third-order valence-corrected chi connectivity index (χ3v) is 5.52. The summed E-state index contributed by atoms with van der Waals surface area (Å²) in [5, 5.41) is 0. The number of carbonyl (C=O) groups is 2. The molecule has 0 aromatic heterocycles. The van der Waals surface area contributed by atoms with Gasteiger partial charge in [0.2, 0.25) is 0 Å². The molecule has 0 heterocycles. The Hall–Kier alpha value is -3.27. The van der Waals surface area contributed by atoms with E-state index in [-0.39, 0.29) is 40.2 Å². The van der Waals surface area contributed by atoms with Crippen LogP contribution in [0.3, 0.4) is 0 Å². The first-order valence-corrected chi connectivity index (χ1v) is 10.3. The van der Waals surface area contributed by atoms with Crippen molar-refractivity contribution in [1.29, 1.82) is 0 Å². The molecule has 162 valence electrons. The van der Waals surface area contributed by atoms with Crippen LogP contribution in [-0.4, -0.2) is 59.9 Å². The molecule has 0 atom stereocenters. The number of hydrogen-bond donors (Lipinski definition) is 1. The summed E-state index contributed by atoms with van der Waals surface area (Å²) in [6.45, 7) is 1.16. The van der Waals surface area contributed by atoms with Crippen molar-refractivity contribution in [3.05, 3.63) is 42.0 Å². The Morgan fingerprint density at radius 1 is 1.00 bits per heavy atom. The summed E-state index contributed by atoms with van der Waals surface area (Å²) < 4.78 is 43.7. The van der Waals surface area contributed by atoms with Crippen LogP contribution >= 0.6 is 0 Å². The summed E-state index contributed by atoms with van der Waals surface area (Å²) in [5.41, 5.74) is 0.204. The van der Waals surface area contributed by atoms with Gasteiger partial charge in [-0.2, -0.15) is 0 Å². The van der Waals surface area contributed by atoms with Crippen LogP contribution in [0.15, 0.2) is 41.3 Å². The molecule has 2 rings (SSSR count). The molecule has 1 amide bonds. The van der Waals surface area contributed by atoms with Crippen molar-refractivity contribution >= 4 is 27.4 Å². The van der Waals surface area contributed by atoms with Gasteiger partial charge >= 0.3 is 0 Å². The van der Waals surface area contributed by atoms with Gasteiger partial charge in [0, 0.05) is 25.7 Å². The summed E-state index contributed by atoms with van der Waals surface area (Å²) >= 11 is 0. The molecule has 9 nitrogen and oxygen atoms in total. The van der Waals surface area contributed by atoms with Gasteiger partial charge in [0.05, 0.1) is 24.8 Å². The smallest absolute Gasteiger partial charge is 0.261 e. The number of sulfonamides is 1. The Kier molecular flexibility index (Phi) is 7.28. The molecular weight excluding hydrogens is 412 g/mol. The highest BCUT2D eigenvalue weighted by atomic mass is 32.2. The minimum Gasteiger partial charge on any atom is -0.493 e. The maximum atomic E-state index is 12.8. The zero-order chi connectivity index (χ0) is 22.5. The summed E-state index contributed by atoms with van der Waals surface area (Å²) in [5.74, 6) is 0.357. The molecule has 1 N–H and O–H groups in total. The Morgan fingerprint density at radius 2 is 1.57 bits per heavy atom. The van der Waals surface area contributed by atoms with Crippen LogP contribution in [0, 0.1) is 0 Å². The van der Waals surface area contributed by atoms with Crippen LogP contribution in [0.25, 0.3) is 0 Å². The van der Waals surface area contributed by atoms with Crippen LogP contribution < -0.4 is 18.9 Å². The predicted molar refractivity (Wildman–Crippen MR) is 111 cm³/mol. The average molecular weight is 436 g/mol. The SMILES string of the molecule is COc1cc(NS(=O)(=O)c2ccc(OCC(=O)N(C)C)cc2)c(C(C)=O)cc1OC. The van der Waals surface area contributed by atoms with Crippen molar-refractivity contribution < 1.29 is 32.2 Å².